The number of piperazine rings is 1. The summed E-state index contributed by atoms with van der Waals surface area (Å²) < 4.78 is 39.8. The highest BCUT2D eigenvalue weighted by molar-refractivity contribution is 7.89. The van der Waals surface area contributed by atoms with E-state index in [1.54, 1.807) is 0 Å². The van der Waals surface area contributed by atoms with Gasteiger partial charge in [0.05, 0.1) is 4.90 Å². The van der Waals surface area contributed by atoms with Crippen molar-refractivity contribution in [3.05, 3.63) is 30.1 Å². The molecule has 0 aromatic heterocycles. The number of rotatable bonds is 3. The number of hydrogen-bond donors (Lipinski definition) is 1. The Kier molecular flexibility index (Phi) is 4.26. The number of sulfonamides is 1. The van der Waals surface area contributed by atoms with Gasteiger partial charge in [-0.3, -0.25) is 4.90 Å². The lowest BCUT2D eigenvalue weighted by Crippen LogP contribution is -2.49. The van der Waals surface area contributed by atoms with Gasteiger partial charge in [-0.1, -0.05) is 6.07 Å². The highest BCUT2D eigenvalue weighted by atomic mass is 32.2. The molecule has 1 aromatic carbocycles. The van der Waals surface area contributed by atoms with Crippen LogP contribution >= 0.6 is 0 Å². The Morgan fingerprint density at radius 3 is 2.67 bits per heavy atom. The highest BCUT2D eigenvalue weighted by Crippen LogP contribution is 2.24. The van der Waals surface area contributed by atoms with Gasteiger partial charge < -0.3 is 5.32 Å². The summed E-state index contributed by atoms with van der Waals surface area (Å²) in [5.41, 5.74) is 0. The van der Waals surface area contributed by atoms with Crippen molar-refractivity contribution in [2.45, 2.75) is 17.4 Å². The Labute approximate surface area is 124 Å². The molecule has 21 heavy (non-hydrogen) atoms. The molecule has 2 fully saturated rings. The summed E-state index contributed by atoms with van der Waals surface area (Å²) in [4.78, 5) is 2.39. The van der Waals surface area contributed by atoms with E-state index in [1.807, 2.05) is 0 Å². The fraction of sp³-hybridized carbons (Fsp3) is 0.571. The lowest BCUT2D eigenvalue weighted by molar-refractivity contribution is 0.179. The summed E-state index contributed by atoms with van der Waals surface area (Å²) in [7, 11) is -3.58. The van der Waals surface area contributed by atoms with Crippen LogP contribution in [-0.2, 0) is 10.0 Å². The summed E-state index contributed by atoms with van der Waals surface area (Å²) in [6.45, 7) is 4.82. The Balaban J connectivity index is 1.72. The lowest BCUT2D eigenvalue weighted by atomic mass is 10.2. The van der Waals surface area contributed by atoms with Crippen molar-refractivity contribution in [1.82, 2.24) is 14.5 Å². The van der Waals surface area contributed by atoms with E-state index < -0.39 is 15.8 Å². The van der Waals surface area contributed by atoms with Crippen LogP contribution in [0.4, 0.5) is 4.39 Å². The fourth-order valence-corrected chi connectivity index (χ4v) is 4.58. The largest absolute Gasteiger partial charge is 0.314 e. The zero-order valence-electron chi connectivity index (χ0n) is 11.8. The van der Waals surface area contributed by atoms with Crippen LogP contribution in [-0.4, -0.2) is 62.9 Å². The third-order valence-electron chi connectivity index (χ3n) is 4.23. The van der Waals surface area contributed by atoms with Crippen LogP contribution in [0.5, 0.6) is 0 Å². The van der Waals surface area contributed by atoms with Gasteiger partial charge in [0.1, 0.15) is 5.82 Å². The molecule has 2 aliphatic heterocycles. The third-order valence-corrected chi connectivity index (χ3v) is 6.09. The summed E-state index contributed by atoms with van der Waals surface area (Å²) in [5, 5.41) is 3.30. The molecule has 1 aromatic rings. The van der Waals surface area contributed by atoms with Gasteiger partial charge in [0.25, 0.3) is 0 Å². The minimum atomic E-state index is -3.58. The average Bonchev–Trinajstić information content (AvgIpc) is 2.99. The Morgan fingerprint density at radius 1 is 1.19 bits per heavy atom. The molecule has 2 aliphatic rings. The van der Waals surface area contributed by atoms with E-state index in [1.165, 1.54) is 22.5 Å². The SMILES string of the molecule is O=S(=O)(c1cccc(F)c1)N1CCC(N2CCNCC2)C1. The molecule has 5 nitrogen and oxygen atoms in total. The smallest absolute Gasteiger partial charge is 0.243 e. The maximum absolute atomic E-state index is 13.3. The number of halogens is 1. The molecule has 7 heteroatoms. The predicted molar refractivity (Wildman–Crippen MR) is 78.0 cm³/mol. The molecule has 0 saturated carbocycles. The van der Waals surface area contributed by atoms with Crippen molar-refractivity contribution >= 4 is 10.0 Å². The van der Waals surface area contributed by atoms with E-state index >= 15 is 0 Å². The molecule has 1 atom stereocenters. The second-order valence-corrected chi connectivity index (χ2v) is 7.49. The van der Waals surface area contributed by atoms with Crippen molar-refractivity contribution in [1.29, 1.82) is 0 Å². The van der Waals surface area contributed by atoms with Crippen LogP contribution in [0.3, 0.4) is 0 Å². The number of benzene rings is 1. The molecule has 1 N–H and O–H groups in total. The van der Waals surface area contributed by atoms with Crippen LogP contribution in [0.1, 0.15) is 6.42 Å². The minimum Gasteiger partial charge on any atom is -0.314 e. The molecule has 0 amide bonds. The average molecular weight is 313 g/mol. The first-order chi connectivity index (χ1) is 10.1. The molecular weight excluding hydrogens is 293 g/mol. The normalized spacial score (nSPS) is 25.3. The van der Waals surface area contributed by atoms with E-state index in [-0.39, 0.29) is 10.9 Å². The molecule has 2 saturated heterocycles. The number of nitrogens with zero attached hydrogens (tertiary/aromatic N) is 2. The van der Waals surface area contributed by atoms with Gasteiger partial charge in [-0.25, -0.2) is 12.8 Å². The van der Waals surface area contributed by atoms with Crippen LogP contribution < -0.4 is 5.32 Å². The Hall–Kier alpha value is -1.02. The third kappa shape index (κ3) is 3.11. The topological polar surface area (TPSA) is 52.7 Å². The zero-order valence-corrected chi connectivity index (χ0v) is 12.7. The number of nitrogens with one attached hydrogen (secondary N) is 1. The van der Waals surface area contributed by atoms with E-state index in [0.717, 1.165) is 38.7 Å². The van der Waals surface area contributed by atoms with Crippen LogP contribution in [0.2, 0.25) is 0 Å². The van der Waals surface area contributed by atoms with E-state index in [4.69, 9.17) is 0 Å². The standard InChI is InChI=1S/C14H20FN3O2S/c15-12-2-1-3-14(10-12)21(19,20)18-7-4-13(11-18)17-8-5-16-6-9-17/h1-3,10,13,16H,4-9,11H2. The van der Waals surface area contributed by atoms with Crippen LogP contribution in [0, 0.1) is 5.82 Å². The first kappa shape index (κ1) is 14.9. The van der Waals surface area contributed by atoms with E-state index in [9.17, 15) is 12.8 Å². The predicted octanol–water partition coefficient (Wildman–Crippen LogP) is 0.494. The maximum atomic E-state index is 13.3. The highest BCUT2D eigenvalue weighted by Gasteiger charge is 2.35. The first-order valence-electron chi connectivity index (χ1n) is 7.28. The van der Waals surface area contributed by atoms with Crippen LogP contribution in [0.25, 0.3) is 0 Å². The van der Waals surface area contributed by atoms with E-state index in [2.05, 4.69) is 10.2 Å². The van der Waals surface area contributed by atoms with Gasteiger partial charge >= 0.3 is 0 Å². The van der Waals surface area contributed by atoms with Crippen LogP contribution in [0.15, 0.2) is 29.2 Å². The minimum absolute atomic E-state index is 0.0449. The molecule has 0 aliphatic carbocycles. The molecule has 116 valence electrons. The summed E-state index contributed by atoms with van der Waals surface area (Å²) in [5.74, 6) is -0.520. The second-order valence-electron chi connectivity index (χ2n) is 5.55. The van der Waals surface area contributed by atoms with Gasteiger partial charge in [0, 0.05) is 45.3 Å². The summed E-state index contributed by atoms with van der Waals surface area (Å²) >= 11 is 0. The summed E-state index contributed by atoms with van der Waals surface area (Å²) in [6.07, 6.45) is 0.842. The Bertz CT molecular complexity index is 602. The van der Waals surface area contributed by atoms with Gasteiger partial charge in [-0.05, 0) is 24.6 Å². The van der Waals surface area contributed by atoms with Crippen molar-refractivity contribution in [2.24, 2.45) is 0 Å². The molecular formula is C14H20FN3O2S. The van der Waals surface area contributed by atoms with Crippen molar-refractivity contribution < 1.29 is 12.8 Å². The van der Waals surface area contributed by atoms with Crippen molar-refractivity contribution in [2.75, 3.05) is 39.3 Å². The molecule has 0 spiro atoms. The monoisotopic (exact) mass is 313 g/mol. The lowest BCUT2D eigenvalue weighted by Gasteiger charge is -2.32. The first-order valence-corrected chi connectivity index (χ1v) is 8.72. The van der Waals surface area contributed by atoms with Gasteiger partial charge in [-0.15, -0.1) is 0 Å². The second kappa shape index (κ2) is 6.00. The van der Waals surface area contributed by atoms with Crippen molar-refractivity contribution in [3.8, 4) is 0 Å². The van der Waals surface area contributed by atoms with Gasteiger partial charge in [0.15, 0.2) is 0 Å². The molecule has 1 unspecified atom stereocenters. The van der Waals surface area contributed by atoms with Crippen molar-refractivity contribution in [3.63, 3.8) is 0 Å². The molecule has 0 radical (unpaired) electrons. The Morgan fingerprint density at radius 2 is 1.95 bits per heavy atom. The van der Waals surface area contributed by atoms with Gasteiger partial charge in [-0.2, -0.15) is 4.31 Å². The molecule has 3 rings (SSSR count). The van der Waals surface area contributed by atoms with Gasteiger partial charge in [0.2, 0.25) is 10.0 Å². The van der Waals surface area contributed by atoms with E-state index in [0.29, 0.717) is 13.1 Å². The molecule has 2 heterocycles. The fourth-order valence-electron chi connectivity index (χ4n) is 3.05. The number of hydrogen-bond acceptors (Lipinski definition) is 4. The maximum Gasteiger partial charge on any atom is 0.243 e. The molecule has 0 bridgehead atoms. The quantitative estimate of drug-likeness (QED) is 0.883. The summed E-state index contributed by atoms with van der Waals surface area (Å²) in [6, 6.07) is 5.51. The zero-order chi connectivity index (χ0) is 14.9.